The van der Waals surface area contributed by atoms with Crippen LogP contribution in [0.3, 0.4) is 0 Å². The third kappa shape index (κ3) is 2.71. The van der Waals surface area contributed by atoms with Gasteiger partial charge in [-0.15, -0.1) is 16.4 Å². The molecule has 0 saturated carbocycles. The van der Waals surface area contributed by atoms with Crippen LogP contribution in [0.4, 0.5) is 10.1 Å². The van der Waals surface area contributed by atoms with Crippen molar-refractivity contribution < 1.29 is 13.9 Å². The van der Waals surface area contributed by atoms with E-state index in [2.05, 4.69) is 10.2 Å². The fourth-order valence-electron chi connectivity index (χ4n) is 3.33. The lowest BCUT2D eigenvalue weighted by molar-refractivity contribution is -0.0228. The molecule has 0 spiro atoms. The van der Waals surface area contributed by atoms with Crippen molar-refractivity contribution in [1.29, 1.82) is 0 Å². The Kier molecular flexibility index (Phi) is 4.03. The number of thiophene rings is 1. The number of halogens is 1. The van der Waals surface area contributed by atoms with E-state index in [0.29, 0.717) is 26.7 Å². The number of nitrogens with two attached hydrogens (primary N) is 1. The van der Waals surface area contributed by atoms with Gasteiger partial charge in [-0.25, -0.2) is 4.39 Å². The van der Waals surface area contributed by atoms with Crippen LogP contribution < -0.4 is 10.5 Å². The number of hydrogen-bond donors (Lipinski definition) is 1. The highest BCUT2D eigenvalue weighted by Crippen LogP contribution is 2.41. The number of hydrogen-bond acceptors (Lipinski definition) is 6. The van der Waals surface area contributed by atoms with E-state index in [4.69, 9.17) is 10.5 Å². The number of ether oxygens (including phenoxy) is 1. The second-order valence-corrected chi connectivity index (χ2v) is 7.79. The van der Waals surface area contributed by atoms with E-state index >= 15 is 4.39 Å². The van der Waals surface area contributed by atoms with E-state index < -0.39 is 5.67 Å². The summed E-state index contributed by atoms with van der Waals surface area (Å²) in [5, 5.41) is 8.98. The number of anilines is 1. The number of methoxy groups -OCH3 is 1. The molecule has 1 aliphatic heterocycles. The third-order valence-electron chi connectivity index (χ3n) is 5.09. The predicted octanol–water partition coefficient (Wildman–Crippen LogP) is 3.22. The van der Waals surface area contributed by atoms with Crippen LogP contribution in [-0.4, -0.2) is 41.2 Å². The monoisotopic (exact) mass is 386 g/mol. The van der Waals surface area contributed by atoms with Crippen molar-refractivity contribution >= 4 is 33.1 Å². The lowest BCUT2D eigenvalue weighted by Gasteiger charge is -2.44. The van der Waals surface area contributed by atoms with E-state index in [0.717, 1.165) is 16.6 Å². The number of carbonyl (C=O) groups is 1. The lowest BCUT2D eigenvalue weighted by Crippen LogP contribution is -2.58. The first-order valence-corrected chi connectivity index (χ1v) is 9.30. The van der Waals surface area contributed by atoms with Crippen molar-refractivity contribution in [1.82, 2.24) is 15.1 Å². The SMILES string of the molecule is COc1cccc(C2(F)CN(C(=O)c3sc4nnc(C)c(C)c4c3N)C2)c1. The summed E-state index contributed by atoms with van der Waals surface area (Å²) >= 11 is 1.20. The summed E-state index contributed by atoms with van der Waals surface area (Å²) in [5.41, 5.74) is 7.23. The Morgan fingerprint density at radius 1 is 1.33 bits per heavy atom. The molecule has 6 nitrogen and oxygen atoms in total. The van der Waals surface area contributed by atoms with Crippen LogP contribution in [0, 0.1) is 13.8 Å². The molecule has 1 aromatic carbocycles. The van der Waals surface area contributed by atoms with E-state index in [9.17, 15) is 4.79 Å². The van der Waals surface area contributed by atoms with Gasteiger partial charge in [-0.3, -0.25) is 4.79 Å². The van der Waals surface area contributed by atoms with Gasteiger partial charge in [0.15, 0.2) is 5.67 Å². The average Bonchev–Trinajstić information content (AvgIpc) is 2.99. The minimum Gasteiger partial charge on any atom is -0.497 e. The Hall–Kier alpha value is -2.74. The summed E-state index contributed by atoms with van der Waals surface area (Å²) in [6.07, 6.45) is 0. The van der Waals surface area contributed by atoms with E-state index in [1.807, 2.05) is 13.8 Å². The van der Waals surface area contributed by atoms with Crippen LogP contribution >= 0.6 is 11.3 Å². The molecule has 140 valence electrons. The zero-order valence-corrected chi connectivity index (χ0v) is 16.1. The Balaban J connectivity index is 1.60. The molecular weight excluding hydrogens is 367 g/mol. The highest BCUT2D eigenvalue weighted by molar-refractivity contribution is 7.21. The van der Waals surface area contributed by atoms with Crippen LogP contribution in [0.5, 0.6) is 5.75 Å². The largest absolute Gasteiger partial charge is 0.497 e. The number of aromatic nitrogens is 2. The molecule has 3 aromatic rings. The van der Waals surface area contributed by atoms with Gasteiger partial charge < -0.3 is 15.4 Å². The summed E-state index contributed by atoms with van der Waals surface area (Å²) in [6, 6.07) is 6.88. The third-order valence-corrected chi connectivity index (χ3v) is 6.16. The summed E-state index contributed by atoms with van der Waals surface area (Å²) < 4.78 is 20.4. The first kappa shape index (κ1) is 17.7. The molecule has 4 rings (SSSR count). The van der Waals surface area contributed by atoms with Gasteiger partial charge in [-0.2, -0.15) is 5.10 Å². The van der Waals surface area contributed by atoms with Gasteiger partial charge in [0.2, 0.25) is 0 Å². The highest BCUT2D eigenvalue weighted by Gasteiger charge is 2.48. The molecular formula is C19H19FN4O2S. The zero-order valence-electron chi connectivity index (χ0n) is 15.2. The molecule has 1 saturated heterocycles. The van der Waals surface area contributed by atoms with Gasteiger partial charge in [0.25, 0.3) is 5.91 Å². The molecule has 1 fully saturated rings. The van der Waals surface area contributed by atoms with Gasteiger partial charge in [-0.05, 0) is 37.1 Å². The molecule has 3 heterocycles. The molecule has 0 aliphatic carbocycles. The molecule has 0 atom stereocenters. The van der Waals surface area contributed by atoms with Crippen molar-refractivity contribution in [3.63, 3.8) is 0 Å². The van der Waals surface area contributed by atoms with Crippen molar-refractivity contribution in [2.45, 2.75) is 19.5 Å². The zero-order chi connectivity index (χ0) is 19.3. The Morgan fingerprint density at radius 3 is 2.78 bits per heavy atom. The van der Waals surface area contributed by atoms with Crippen LogP contribution in [-0.2, 0) is 5.67 Å². The summed E-state index contributed by atoms with van der Waals surface area (Å²) in [5.74, 6) is 0.316. The number of rotatable bonds is 3. The van der Waals surface area contributed by atoms with Gasteiger partial charge >= 0.3 is 0 Å². The molecule has 0 radical (unpaired) electrons. The number of carbonyl (C=O) groups excluding carboxylic acids is 1. The first-order valence-electron chi connectivity index (χ1n) is 8.48. The van der Waals surface area contributed by atoms with Gasteiger partial charge in [0, 0.05) is 5.39 Å². The maximum atomic E-state index is 15.2. The number of likely N-dealkylation sites (tertiary alicyclic amines) is 1. The quantitative estimate of drug-likeness (QED) is 0.747. The Bertz CT molecular complexity index is 1060. The maximum absolute atomic E-state index is 15.2. The second kappa shape index (κ2) is 6.16. The molecule has 0 unspecified atom stereocenters. The standard InChI is InChI=1S/C19H19FN4O2S/c1-10-11(2)22-23-17-14(10)15(21)16(27-17)18(25)24-8-19(20,9-24)12-5-4-6-13(7-12)26-3/h4-7H,8-9,21H2,1-3H3. The molecule has 1 amide bonds. The van der Waals surface area contributed by atoms with Crippen LogP contribution in [0.1, 0.15) is 26.5 Å². The predicted molar refractivity (Wildman–Crippen MR) is 103 cm³/mol. The average molecular weight is 386 g/mol. The minimum atomic E-state index is -1.58. The van der Waals surface area contributed by atoms with Crippen molar-refractivity contribution in [2.75, 3.05) is 25.9 Å². The number of amides is 1. The molecule has 1 aliphatic rings. The van der Waals surface area contributed by atoms with Crippen LogP contribution in [0.25, 0.3) is 10.2 Å². The fraction of sp³-hybridized carbons (Fsp3) is 0.316. The molecule has 0 bridgehead atoms. The molecule has 27 heavy (non-hydrogen) atoms. The minimum absolute atomic E-state index is 0.0175. The van der Waals surface area contributed by atoms with E-state index in [1.54, 1.807) is 24.3 Å². The van der Waals surface area contributed by atoms with Gasteiger partial charge in [0.05, 0.1) is 31.6 Å². The topological polar surface area (TPSA) is 81.3 Å². The number of fused-ring (bicyclic) bond motifs is 1. The summed E-state index contributed by atoms with van der Waals surface area (Å²) in [4.78, 5) is 15.4. The lowest BCUT2D eigenvalue weighted by atomic mass is 9.87. The smallest absolute Gasteiger partial charge is 0.266 e. The number of nitrogen functional groups attached to an aromatic ring is 1. The molecule has 2 aromatic heterocycles. The molecule has 8 heteroatoms. The first-order chi connectivity index (χ1) is 12.8. The Morgan fingerprint density at radius 2 is 2.07 bits per heavy atom. The van der Waals surface area contributed by atoms with Crippen molar-refractivity contribution in [2.24, 2.45) is 0 Å². The van der Waals surface area contributed by atoms with Crippen LogP contribution in [0.2, 0.25) is 0 Å². The van der Waals surface area contributed by atoms with E-state index in [-0.39, 0.29) is 19.0 Å². The van der Waals surface area contributed by atoms with Crippen molar-refractivity contribution in [3.8, 4) is 5.75 Å². The summed E-state index contributed by atoms with van der Waals surface area (Å²) in [6.45, 7) is 3.72. The van der Waals surface area contributed by atoms with Gasteiger partial charge in [-0.1, -0.05) is 12.1 Å². The maximum Gasteiger partial charge on any atom is 0.266 e. The number of aryl methyl sites for hydroxylation is 2. The highest BCUT2D eigenvalue weighted by atomic mass is 32.1. The number of alkyl halides is 1. The number of nitrogens with zero attached hydrogens (tertiary/aromatic N) is 3. The normalized spacial score (nSPS) is 15.6. The van der Waals surface area contributed by atoms with E-state index in [1.165, 1.54) is 23.3 Å². The fourth-order valence-corrected chi connectivity index (χ4v) is 4.40. The van der Waals surface area contributed by atoms with Gasteiger partial charge in [0.1, 0.15) is 15.5 Å². The molecule has 2 N–H and O–H groups in total. The van der Waals surface area contributed by atoms with Crippen molar-refractivity contribution in [3.05, 3.63) is 46.0 Å². The summed E-state index contributed by atoms with van der Waals surface area (Å²) in [7, 11) is 1.54. The van der Waals surface area contributed by atoms with Crippen LogP contribution in [0.15, 0.2) is 24.3 Å². The Labute approximate surface area is 159 Å². The number of benzene rings is 1. The second-order valence-electron chi connectivity index (χ2n) is 6.79.